The molecule has 4 heterocycles. The van der Waals surface area contributed by atoms with Gasteiger partial charge in [0.25, 0.3) is 16.1 Å². The summed E-state index contributed by atoms with van der Waals surface area (Å²) in [4.78, 5) is 24.4. The minimum atomic E-state index is -3.48. The van der Waals surface area contributed by atoms with Crippen LogP contribution in [0.25, 0.3) is 0 Å². The number of carbonyl (C=O) groups excluding carboxylic acids is 2. The average molecular weight is 462 g/mol. The van der Waals surface area contributed by atoms with E-state index in [1.54, 1.807) is 26.8 Å². The molecule has 3 atom stereocenters. The van der Waals surface area contributed by atoms with E-state index < -0.39 is 10.2 Å². The Balaban J connectivity index is 1.23. The first-order valence-corrected chi connectivity index (χ1v) is 12.9. The van der Waals surface area contributed by atoms with Gasteiger partial charge in [0, 0.05) is 48.5 Å². The van der Waals surface area contributed by atoms with E-state index in [1.807, 2.05) is 7.05 Å². The molecule has 3 fully saturated rings. The molecule has 174 valence electrons. The van der Waals surface area contributed by atoms with Gasteiger partial charge in [-0.25, -0.2) is 0 Å². The SMILES string of the molecule is CNC1CCN(S(=O)(=O)N2[C@@H]3CC[C@H]2C[C@H](NC(=O)c2ccc4c(c2)CC(=O)N4)C3)CC1. The first-order valence-electron chi connectivity index (χ1n) is 11.5. The van der Waals surface area contributed by atoms with Crippen molar-refractivity contribution in [3.05, 3.63) is 29.3 Å². The van der Waals surface area contributed by atoms with Gasteiger partial charge in [0.1, 0.15) is 0 Å². The molecule has 1 aromatic rings. The molecular formula is C22H31N5O4S. The van der Waals surface area contributed by atoms with Gasteiger partial charge in [0.15, 0.2) is 0 Å². The van der Waals surface area contributed by atoms with Gasteiger partial charge in [-0.2, -0.15) is 17.0 Å². The van der Waals surface area contributed by atoms with Crippen molar-refractivity contribution in [2.45, 2.75) is 69.1 Å². The number of amides is 2. The number of hydrogen-bond donors (Lipinski definition) is 3. The zero-order chi connectivity index (χ0) is 22.5. The standard InChI is InChI=1S/C22H31N5O4S/c1-23-16-6-8-26(9-7-16)32(30,31)27-18-3-4-19(27)13-17(12-18)24-22(29)14-2-5-20-15(10-14)11-21(28)25-20/h2,5,10,16-19,23H,3-4,6-9,11-13H2,1H3,(H,24,29)(H,25,28)/t17-,18-,19+. The van der Waals surface area contributed by atoms with Crippen molar-refractivity contribution in [3.63, 3.8) is 0 Å². The third kappa shape index (κ3) is 3.93. The third-order valence-electron chi connectivity index (χ3n) is 7.45. The largest absolute Gasteiger partial charge is 0.349 e. The van der Waals surface area contributed by atoms with E-state index in [0.29, 0.717) is 44.0 Å². The summed E-state index contributed by atoms with van der Waals surface area (Å²) in [5.41, 5.74) is 2.14. The lowest BCUT2D eigenvalue weighted by Crippen LogP contribution is -2.57. The fraction of sp³-hybridized carbons (Fsp3) is 0.636. The summed E-state index contributed by atoms with van der Waals surface area (Å²) >= 11 is 0. The quantitative estimate of drug-likeness (QED) is 0.602. The van der Waals surface area contributed by atoms with Crippen LogP contribution in [0.2, 0.25) is 0 Å². The highest BCUT2D eigenvalue weighted by molar-refractivity contribution is 7.86. The Hall–Kier alpha value is -2.01. The average Bonchev–Trinajstić information content (AvgIpc) is 3.29. The molecule has 4 aliphatic heterocycles. The molecule has 0 aromatic heterocycles. The summed E-state index contributed by atoms with van der Waals surface area (Å²) in [6, 6.07) is 5.47. The van der Waals surface area contributed by atoms with Gasteiger partial charge in [-0.15, -0.1) is 0 Å². The summed E-state index contributed by atoms with van der Waals surface area (Å²) < 4.78 is 30.2. The first-order chi connectivity index (χ1) is 15.3. The van der Waals surface area contributed by atoms with E-state index in [9.17, 15) is 18.0 Å². The van der Waals surface area contributed by atoms with Gasteiger partial charge in [-0.3, -0.25) is 9.59 Å². The van der Waals surface area contributed by atoms with Crippen LogP contribution in [0.5, 0.6) is 0 Å². The lowest BCUT2D eigenvalue weighted by Gasteiger charge is -2.42. The molecule has 0 radical (unpaired) electrons. The maximum absolute atomic E-state index is 13.4. The van der Waals surface area contributed by atoms with Crippen molar-refractivity contribution in [3.8, 4) is 0 Å². The van der Waals surface area contributed by atoms with Gasteiger partial charge in [-0.1, -0.05) is 0 Å². The number of nitrogens with one attached hydrogen (secondary N) is 3. The highest BCUT2D eigenvalue weighted by Crippen LogP contribution is 2.39. The molecule has 4 aliphatic rings. The van der Waals surface area contributed by atoms with Crippen LogP contribution in [-0.2, 0) is 21.4 Å². The Morgan fingerprint density at radius 2 is 1.75 bits per heavy atom. The fourth-order valence-corrected chi connectivity index (χ4v) is 7.85. The molecule has 1 aromatic carbocycles. The van der Waals surface area contributed by atoms with Crippen LogP contribution < -0.4 is 16.0 Å². The van der Waals surface area contributed by atoms with E-state index in [4.69, 9.17) is 0 Å². The third-order valence-corrected chi connectivity index (χ3v) is 9.60. The van der Waals surface area contributed by atoms with Crippen molar-refractivity contribution < 1.29 is 18.0 Å². The lowest BCUT2D eigenvalue weighted by molar-refractivity contribution is -0.115. The Labute approximate surface area is 189 Å². The van der Waals surface area contributed by atoms with Crippen LogP contribution in [0.3, 0.4) is 0 Å². The molecule has 5 rings (SSSR count). The molecule has 0 saturated carbocycles. The van der Waals surface area contributed by atoms with Crippen molar-refractivity contribution in [2.24, 2.45) is 0 Å². The number of anilines is 1. The summed E-state index contributed by atoms with van der Waals surface area (Å²) in [6.45, 7) is 1.11. The van der Waals surface area contributed by atoms with Crippen molar-refractivity contribution in [1.82, 2.24) is 19.2 Å². The summed E-state index contributed by atoms with van der Waals surface area (Å²) in [7, 11) is -1.56. The Morgan fingerprint density at radius 3 is 2.41 bits per heavy atom. The topological polar surface area (TPSA) is 111 Å². The molecule has 2 bridgehead atoms. The Bertz CT molecular complexity index is 1010. The van der Waals surface area contributed by atoms with Crippen LogP contribution >= 0.6 is 0 Å². The highest BCUT2D eigenvalue weighted by atomic mass is 32.2. The molecule has 3 N–H and O–H groups in total. The lowest BCUT2D eigenvalue weighted by atomic mass is 9.99. The van der Waals surface area contributed by atoms with Crippen LogP contribution in [0.15, 0.2) is 18.2 Å². The fourth-order valence-electron chi connectivity index (χ4n) is 5.78. The van der Waals surface area contributed by atoms with Gasteiger partial charge < -0.3 is 16.0 Å². The maximum Gasteiger partial charge on any atom is 0.282 e. The predicted octanol–water partition coefficient (Wildman–Crippen LogP) is 0.835. The van der Waals surface area contributed by atoms with Crippen LogP contribution in [-0.4, -0.2) is 73.1 Å². The normalized spacial score (nSPS) is 29.0. The summed E-state index contributed by atoms with van der Waals surface area (Å²) in [6.07, 6.45) is 4.92. The number of hydrogen-bond acceptors (Lipinski definition) is 5. The minimum absolute atomic E-state index is 0.0468. The number of benzene rings is 1. The summed E-state index contributed by atoms with van der Waals surface area (Å²) in [5.74, 6) is -0.222. The van der Waals surface area contributed by atoms with Crippen molar-refractivity contribution in [1.29, 1.82) is 0 Å². The first kappa shape index (κ1) is 21.8. The van der Waals surface area contributed by atoms with E-state index in [1.165, 1.54) is 0 Å². The molecule has 0 unspecified atom stereocenters. The number of nitrogens with zero attached hydrogens (tertiary/aromatic N) is 2. The molecule has 9 nitrogen and oxygen atoms in total. The minimum Gasteiger partial charge on any atom is -0.349 e. The number of rotatable bonds is 5. The monoisotopic (exact) mass is 461 g/mol. The Kier molecular flexibility index (Phi) is 5.73. The molecule has 3 saturated heterocycles. The van der Waals surface area contributed by atoms with E-state index in [-0.39, 0.29) is 29.9 Å². The van der Waals surface area contributed by atoms with Gasteiger partial charge in [0.05, 0.1) is 6.42 Å². The number of fused-ring (bicyclic) bond motifs is 3. The molecule has 2 amide bonds. The van der Waals surface area contributed by atoms with Gasteiger partial charge in [0.2, 0.25) is 5.91 Å². The summed E-state index contributed by atoms with van der Waals surface area (Å²) in [5, 5.41) is 9.13. The Morgan fingerprint density at radius 1 is 1.06 bits per heavy atom. The van der Waals surface area contributed by atoms with Crippen LogP contribution in [0.4, 0.5) is 5.69 Å². The highest BCUT2D eigenvalue weighted by Gasteiger charge is 2.49. The number of carbonyl (C=O) groups is 2. The second kappa shape index (κ2) is 8.40. The molecular weight excluding hydrogens is 430 g/mol. The second-order valence-electron chi connectivity index (χ2n) is 9.42. The predicted molar refractivity (Wildman–Crippen MR) is 120 cm³/mol. The zero-order valence-electron chi connectivity index (χ0n) is 18.3. The van der Waals surface area contributed by atoms with Crippen LogP contribution in [0.1, 0.15) is 54.4 Å². The number of piperidine rings is 2. The van der Waals surface area contributed by atoms with Gasteiger partial charge >= 0.3 is 0 Å². The molecule has 32 heavy (non-hydrogen) atoms. The smallest absolute Gasteiger partial charge is 0.282 e. The molecule has 0 aliphatic carbocycles. The maximum atomic E-state index is 13.4. The van der Waals surface area contributed by atoms with Gasteiger partial charge in [-0.05, 0) is 69.3 Å². The molecule has 0 spiro atoms. The van der Waals surface area contributed by atoms with Crippen LogP contribution in [0, 0.1) is 0 Å². The zero-order valence-corrected chi connectivity index (χ0v) is 19.2. The molecule has 10 heteroatoms. The van der Waals surface area contributed by atoms with E-state index in [0.717, 1.165) is 36.9 Å². The second-order valence-corrected chi connectivity index (χ2v) is 11.3. The van der Waals surface area contributed by atoms with Crippen molar-refractivity contribution in [2.75, 3.05) is 25.5 Å². The van der Waals surface area contributed by atoms with E-state index >= 15 is 0 Å². The van der Waals surface area contributed by atoms with Crippen molar-refractivity contribution >= 4 is 27.7 Å². The van der Waals surface area contributed by atoms with E-state index in [2.05, 4.69) is 16.0 Å².